The molecule has 0 atom stereocenters. The number of aromatic nitrogens is 4. The van der Waals surface area contributed by atoms with Crippen LogP contribution < -0.4 is 10.5 Å². The highest BCUT2D eigenvalue weighted by Gasteiger charge is 2.12. The molecule has 0 aromatic carbocycles. The highest BCUT2D eigenvalue weighted by Crippen LogP contribution is 2.15. The average molecular weight is 273 g/mol. The first-order valence-corrected chi connectivity index (χ1v) is 6.22. The summed E-state index contributed by atoms with van der Waals surface area (Å²) in [5, 5.41) is 4.54. The average Bonchev–Trinajstić information content (AvgIpc) is 2.98. The van der Waals surface area contributed by atoms with E-state index in [1.807, 2.05) is 24.9 Å². The summed E-state index contributed by atoms with van der Waals surface area (Å²) in [4.78, 5) is 21.1. The second-order valence-corrected chi connectivity index (χ2v) is 4.75. The number of hydrogen-bond donors (Lipinski definition) is 1. The minimum Gasteiger partial charge on any atom is -0.469 e. The summed E-state index contributed by atoms with van der Waals surface area (Å²) in [6, 6.07) is 1.91. The molecule has 7 nitrogen and oxygen atoms in total. The van der Waals surface area contributed by atoms with E-state index in [1.54, 1.807) is 18.0 Å². The Hall–Kier alpha value is -2.57. The van der Waals surface area contributed by atoms with Crippen molar-refractivity contribution in [1.29, 1.82) is 0 Å². The quantitative estimate of drug-likeness (QED) is 0.775. The van der Waals surface area contributed by atoms with Crippen molar-refractivity contribution in [3.63, 3.8) is 0 Å². The fourth-order valence-electron chi connectivity index (χ4n) is 2.11. The number of fused-ring (bicyclic) bond motifs is 1. The van der Waals surface area contributed by atoms with Crippen LogP contribution in [0.25, 0.3) is 11.0 Å². The molecule has 0 aliphatic heterocycles. The van der Waals surface area contributed by atoms with Gasteiger partial charge in [0.25, 0.3) is 5.56 Å². The van der Waals surface area contributed by atoms with E-state index in [4.69, 9.17) is 4.42 Å². The maximum Gasteiger partial charge on any atom is 0.263 e. The van der Waals surface area contributed by atoms with E-state index in [9.17, 15) is 4.79 Å². The van der Waals surface area contributed by atoms with Crippen LogP contribution in [0.15, 0.2) is 27.7 Å². The predicted octanol–water partition coefficient (Wildman–Crippen LogP) is 1.19. The number of rotatable bonds is 3. The van der Waals surface area contributed by atoms with Gasteiger partial charge < -0.3 is 9.32 Å². The molecule has 0 radical (unpaired) electrons. The fraction of sp³-hybridized carbons (Fsp3) is 0.308. The van der Waals surface area contributed by atoms with Crippen LogP contribution in [0.2, 0.25) is 0 Å². The van der Waals surface area contributed by atoms with Gasteiger partial charge in [-0.25, -0.2) is 0 Å². The molecule has 1 N–H and O–H groups in total. The number of anilines is 1. The zero-order chi connectivity index (χ0) is 14.3. The minimum atomic E-state index is -0.186. The number of hydrogen-bond acceptors (Lipinski definition) is 5. The van der Waals surface area contributed by atoms with Crippen molar-refractivity contribution in [1.82, 2.24) is 19.7 Å². The molecule has 0 spiro atoms. The van der Waals surface area contributed by atoms with E-state index in [-0.39, 0.29) is 5.56 Å². The Morgan fingerprint density at radius 3 is 3.00 bits per heavy atom. The lowest BCUT2D eigenvalue weighted by Gasteiger charge is -2.17. The zero-order valence-electron chi connectivity index (χ0n) is 11.5. The normalized spacial score (nSPS) is 11.2. The fourth-order valence-corrected chi connectivity index (χ4v) is 2.11. The number of aryl methyl sites for hydroxylation is 2. The van der Waals surface area contributed by atoms with Crippen LogP contribution in [-0.2, 0) is 13.6 Å². The largest absolute Gasteiger partial charge is 0.469 e. The zero-order valence-corrected chi connectivity index (χ0v) is 11.5. The minimum absolute atomic E-state index is 0.186. The molecule has 0 saturated carbocycles. The molecule has 3 aromatic rings. The van der Waals surface area contributed by atoms with Crippen LogP contribution in [0.1, 0.15) is 11.3 Å². The summed E-state index contributed by atoms with van der Waals surface area (Å²) in [5.74, 6) is 1.37. The van der Waals surface area contributed by atoms with Crippen LogP contribution in [-0.4, -0.2) is 26.8 Å². The Bertz CT molecular complexity index is 814. The molecule has 0 bridgehead atoms. The summed E-state index contributed by atoms with van der Waals surface area (Å²) in [6.45, 7) is 2.51. The molecule has 20 heavy (non-hydrogen) atoms. The smallest absolute Gasteiger partial charge is 0.263 e. The van der Waals surface area contributed by atoms with E-state index in [1.165, 1.54) is 6.20 Å². The lowest BCUT2D eigenvalue weighted by molar-refractivity contribution is 0.529. The van der Waals surface area contributed by atoms with Gasteiger partial charge in [0.1, 0.15) is 11.1 Å². The van der Waals surface area contributed by atoms with Crippen molar-refractivity contribution in [2.24, 2.45) is 7.05 Å². The Balaban J connectivity index is 1.99. The van der Waals surface area contributed by atoms with Gasteiger partial charge in [-0.15, -0.1) is 0 Å². The molecular formula is C13H15N5O2. The van der Waals surface area contributed by atoms with Crippen LogP contribution in [0, 0.1) is 6.92 Å². The number of furan rings is 1. The Morgan fingerprint density at radius 1 is 1.50 bits per heavy atom. The number of nitrogens with zero attached hydrogens (tertiary/aromatic N) is 4. The van der Waals surface area contributed by atoms with Crippen LogP contribution in [0.3, 0.4) is 0 Å². The van der Waals surface area contributed by atoms with Gasteiger partial charge >= 0.3 is 0 Å². The van der Waals surface area contributed by atoms with E-state index >= 15 is 0 Å². The maximum atomic E-state index is 12.0. The van der Waals surface area contributed by atoms with Gasteiger partial charge in [-0.05, 0) is 13.0 Å². The second-order valence-electron chi connectivity index (χ2n) is 4.75. The first-order valence-electron chi connectivity index (χ1n) is 6.22. The lowest BCUT2D eigenvalue weighted by atomic mass is 10.2. The summed E-state index contributed by atoms with van der Waals surface area (Å²) >= 11 is 0. The summed E-state index contributed by atoms with van der Waals surface area (Å²) < 4.78 is 6.86. The number of H-pyrrole nitrogens is 1. The maximum absolute atomic E-state index is 12.0. The van der Waals surface area contributed by atoms with Crippen molar-refractivity contribution in [2.75, 3.05) is 11.9 Å². The first kappa shape index (κ1) is 12.5. The van der Waals surface area contributed by atoms with Gasteiger partial charge in [0.05, 0.1) is 12.5 Å². The topological polar surface area (TPSA) is 79.9 Å². The Kier molecular flexibility index (Phi) is 2.81. The Labute approximate surface area is 114 Å². The highest BCUT2D eigenvalue weighted by molar-refractivity contribution is 5.74. The third-order valence-corrected chi connectivity index (χ3v) is 3.32. The molecule has 0 fully saturated rings. The van der Waals surface area contributed by atoms with Gasteiger partial charge in [-0.3, -0.25) is 14.5 Å². The predicted molar refractivity (Wildman–Crippen MR) is 74.7 cm³/mol. The van der Waals surface area contributed by atoms with Gasteiger partial charge in [-0.2, -0.15) is 10.1 Å². The van der Waals surface area contributed by atoms with Crippen LogP contribution >= 0.6 is 0 Å². The second kappa shape index (κ2) is 4.52. The summed E-state index contributed by atoms with van der Waals surface area (Å²) in [5.41, 5.74) is 1.44. The molecule has 0 aliphatic carbocycles. The van der Waals surface area contributed by atoms with Crippen molar-refractivity contribution < 1.29 is 4.42 Å². The SMILES string of the molecule is Cc1occc1CN(C)c1nc2c(cnn2C)c(=O)[nH]1. The van der Waals surface area contributed by atoms with Gasteiger partial charge in [0, 0.05) is 26.2 Å². The summed E-state index contributed by atoms with van der Waals surface area (Å²) in [7, 11) is 3.63. The monoisotopic (exact) mass is 273 g/mol. The third-order valence-electron chi connectivity index (χ3n) is 3.32. The number of nitrogens with one attached hydrogen (secondary N) is 1. The van der Waals surface area contributed by atoms with Crippen molar-refractivity contribution in [3.8, 4) is 0 Å². The molecule has 3 rings (SSSR count). The molecule has 7 heteroatoms. The lowest BCUT2D eigenvalue weighted by Crippen LogP contribution is -2.23. The van der Waals surface area contributed by atoms with Crippen molar-refractivity contribution >= 4 is 17.0 Å². The van der Waals surface area contributed by atoms with Crippen LogP contribution in [0.5, 0.6) is 0 Å². The standard InChI is InChI=1S/C13H15N5O2/c1-8-9(4-5-20-8)7-17(2)13-15-11-10(12(19)16-13)6-14-18(11)3/h4-6H,7H2,1-3H3,(H,15,16,19). The molecule has 0 unspecified atom stereocenters. The van der Waals surface area contributed by atoms with Crippen LogP contribution in [0.4, 0.5) is 5.95 Å². The van der Waals surface area contributed by atoms with E-state index in [0.717, 1.165) is 11.3 Å². The highest BCUT2D eigenvalue weighted by atomic mass is 16.3. The molecule has 3 heterocycles. The summed E-state index contributed by atoms with van der Waals surface area (Å²) in [6.07, 6.45) is 3.17. The van der Waals surface area contributed by atoms with E-state index in [2.05, 4.69) is 15.1 Å². The van der Waals surface area contributed by atoms with Gasteiger partial charge in [0.15, 0.2) is 5.65 Å². The molecule has 0 amide bonds. The van der Waals surface area contributed by atoms with Crippen molar-refractivity contribution in [2.45, 2.75) is 13.5 Å². The molecule has 104 valence electrons. The molecule has 0 saturated heterocycles. The molecular weight excluding hydrogens is 258 g/mol. The Morgan fingerprint density at radius 2 is 2.30 bits per heavy atom. The first-order chi connectivity index (χ1) is 9.56. The van der Waals surface area contributed by atoms with E-state index < -0.39 is 0 Å². The van der Waals surface area contributed by atoms with Gasteiger partial charge in [-0.1, -0.05) is 0 Å². The molecule has 3 aromatic heterocycles. The van der Waals surface area contributed by atoms with E-state index in [0.29, 0.717) is 23.5 Å². The third kappa shape index (κ3) is 1.97. The molecule has 0 aliphatic rings. The number of aromatic amines is 1. The van der Waals surface area contributed by atoms with Gasteiger partial charge in [0.2, 0.25) is 5.95 Å². The van der Waals surface area contributed by atoms with Crippen molar-refractivity contribution in [3.05, 3.63) is 40.2 Å².